The van der Waals surface area contributed by atoms with Crippen molar-refractivity contribution < 1.29 is 13.2 Å². The van der Waals surface area contributed by atoms with E-state index in [1.165, 1.54) is 11.8 Å². The SMILES string of the molecule is FC(F)(F)c1[nH]c(-c2ccc(Cl)cc2)c(Sc2ccc(Cl)cc2)c1Br. The van der Waals surface area contributed by atoms with Gasteiger partial charge in [-0.1, -0.05) is 47.1 Å². The fraction of sp³-hybridized carbons (Fsp3) is 0.0588. The predicted molar refractivity (Wildman–Crippen MR) is 99.5 cm³/mol. The van der Waals surface area contributed by atoms with Crippen LogP contribution in [0.25, 0.3) is 11.3 Å². The molecule has 0 saturated heterocycles. The Hall–Kier alpha value is -1.08. The number of aromatic amines is 1. The largest absolute Gasteiger partial charge is 0.432 e. The van der Waals surface area contributed by atoms with Gasteiger partial charge in [-0.3, -0.25) is 0 Å². The van der Waals surface area contributed by atoms with Gasteiger partial charge < -0.3 is 4.98 Å². The van der Waals surface area contributed by atoms with Gasteiger partial charge in [0.05, 0.1) is 15.1 Å². The first kappa shape index (κ1) is 18.7. The van der Waals surface area contributed by atoms with E-state index in [1.807, 2.05) is 0 Å². The summed E-state index contributed by atoms with van der Waals surface area (Å²) in [5.41, 5.74) is 0.154. The lowest BCUT2D eigenvalue weighted by molar-refractivity contribution is -0.141. The maximum absolute atomic E-state index is 13.3. The van der Waals surface area contributed by atoms with E-state index in [4.69, 9.17) is 23.2 Å². The van der Waals surface area contributed by atoms with E-state index in [0.29, 0.717) is 26.2 Å². The van der Waals surface area contributed by atoms with Crippen LogP contribution in [0.3, 0.4) is 0 Å². The van der Waals surface area contributed by atoms with Crippen LogP contribution in [-0.2, 0) is 6.18 Å². The summed E-state index contributed by atoms with van der Waals surface area (Å²) in [5.74, 6) is 0. The van der Waals surface area contributed by atoms with Crippen LogP contribution in [0.4, 0.5) is 13.2 Å². The van der Waals surface area contributed by atoms with Crippen molar-refractivity contribution in [3.05, 3.63) is 68.7 Å². The van der Waals surface area contributed by atoms with Crippen molar-refractivity contribution in [2.24, 2.45) is 0 Å². The Kier molecular flexibility index (Phi) is 5.44. The van der Waals surface area contributed by atoms with Crippen molar-refractivity contribution in [1.82, 2.24) is 4.98 Å². The number of hydrogen-bond acceptors (Lipinski definition) is 1. The summed E-state index contributed by atoms with van der Waals surface area (Å²) in [5, 5.41) is 1.07. The number of hydrogen-bond donors (Lipinski definition) is 1. The van der Waals surface area contributed by atoms with E-state index in [2.05, 4.69) is 20.9 Å². The van der Waals surface area contributed by atoms with Gasteiger partial charge in [0, 0.05) is 14.9 Å². The van der Waals surface area contributed by atoms with Gasteiger partial charge in [-0.25, -0.2) is 0 Å². The summed E-state index contributed by atoms with van der Waals surface area (Å²) in [7, 11) is 0. The van der Waals surface area contributed by atoms with Crippen LogP contribution in [0.15, 0.2) is 62.8 Å². The minimum atomic E-state index is -4.50. The zero-order chi connectivity index (χ0) is 18.2. The first-order valence-electron chi connectivity index (χ1n) is 6.93. The quantitative estimate of drug-likeness (QED) is 0.414. The summed E-state index contributed by atoms with van der Waals surface area (Å²) in [4.78, 5) is 3.71. The van der Waals surface area contributed by atoms with Gasteiger partial charge in [0.25, 0.3) is 0 Å². The average Bonchev–Trinajstić information content (AvgIpc) is 2.87. The molecule has 1 nitrogen and oxygen atoms in total. The lowest BCUT2D eigenvalue weighted by Gasteiger charge is -2.06. The highest BCUT2D eigenvalue weighted by Crippen LogP contribution is 2.47. The normalized spacial score (nSPS) is 11.8. The molecule has 0 spiro atoms. The smallest absolute Gasteiger partial charge is 0.349 e. The van der Waals surface area contributed by atoms with E-state index < -0.39 is 11.9 Å². The first-order chi connectivity index (χ1) is 11.8. The molecule has 1 N–H and O–H groups in total. The number of aromatic nitrogens is 1. The second-order valence-electron chi connectivity index (χ2n) is 5.08. The van der Waals surface area contributed by atoms with Gasteiger partial charge >= 0.3 is 6.18 Å². The van der Waals surface area contributed by atoms with Gasteiger partial charge in [0.15, 0.2) is 0 Å². The lowest BCUT2D eigenvalue weighted by atomic mass is 10.2. The Morgan fingerprint density at radius 2 is 1.40 bits per heavy atom. The van der Waals surface area contributed by atoms with E-state index in [1.54, 1.807) is 48.5 Å². The Bertz CT molecular complexity index is 890. The maximum Gasteiger partial charge on any atom is 0.432 e. The number of H-pyrrole nitrogens is 1. The first-order valence-corrected chi connectivity index (χ1v) is 9.30. The van der Waals surface area contributed by atoms with Crippen molar-refractivity contribution in [3.8, 4) is 11.3 Å². The van der Waals surface area contributed by atoms with E-state index in [9.17, 15) is 13.2 Å². The highest BCUT2D eigenvalue weighted by atomic mass is 79.9. The molecule has 25 heavy (non-hydrogen) atoms. The standard InChI is InChI=1S/C17H9BrCl2F3NS/c18-13-15(25-12-7-5-11(20)6-8-12)14(24-16(13)17(21,22)23)9-1-3-10(19)4-2-9/h1-8,24H. The monoisotopic (exact) mass is 465 g/mol. The third kappa shape index (κ3) is 4.19. The molecule has 2 aromatic carbocycles. The van der Waals surface area contributed by atoms with Crippen molar-refractivity contribution in [1.29, 1.82) is 0 Å². The third-order valence-corrected chi connectivity index (χ3v) is 6.03. The number of nitrogens with one attached hydrogen (secondary N) is 1. The van der Waals surface area contributed by atoms with Gasteiger partial charge in [-0.15, -0.1) is 0 Å². The summed E-state index contributed by atoms with van der Waals surface area (Å²) < 4.78 is 39.9. The molecule has 1 aromatic heterocycles. The Morgan fingerprint density at radius 1 is 0.880 bits per heavy atom. The van der Waals surface area contributed by atoms with Crippen LogP contribution in [0.1, 0.15) is 5.69 Å². The highest BCUT2D eigenvalue weighted by Gasteiger charge is 2.37. The second-order valence-corrected chi connectivity index (χ2v) is 7.83. The van der Waals surface area contributed by atoms with Crippen LogP contribution >= 0.6 is 50.9 Å². The molecule has 0 aliphatic rings. The van der Waals surface area contributed by atoms with Crippen LogP contribution in [0.2, 0.25) is 10.0 Å². The molecule has 0 fully saturated rings. The number of alkyl halides is 3. The van der Waals surface area contributed by atoms with Gasteiger partial charge in [0.1, 0.15) is 5.69 Å². The number of halogens is 6. The summed E-state index contributed by atoms with van der Waals surface area (Å²) in [6.07, 6.45) is -4.50. The van der Waals surface area contributed by atoms with Gasteiger partial charge in [-0.05, 0) is 57.9 Å². The molecule has 0 aliphatic carbocycles. The molecule has 0 amide bonds. The molecule has 0 bridgehead atoms. The Morgan fingerprint density at radius 3 is 1.92 bits per heavy atom. The summed E-state index contributed by atoms with van der Waals surface area (Å²) >= 11 is 16.1. The fourth-order valence-corrected chi connectivity index (χ4v) is 4.18. The molecule has 0 unspecified atom stereocenters. The molecule has 1 heterocycles. The Labute approximate surface area is 164 Å². The van der Waals surface area contributed by atoms with E-state index >= 15 is 0 Å². The minimum Gasteiger partial charge on any atom is -0.349 e. The zero-order valence-corrected chi connectivity index (χ0v) is 16.2. The van der Waals surface area contributed by atoms with Crippen LogP contribution in [0, 0.1) is 0 Å². The van der Waals surface area contributed by atoms with Crippen molar-refractivity contribution in [2.75, 3.05) is 0 Å². The molecule has 8 heteroatoms. The van der Waals surface area contributed by atoms with Crippen LogP contribution < -0.4 is 0 Å². The maximum atomic E-state index is 13.3. The molecule has 3 aromatic rings. The molecule has 0 aliphatic heterocycles. The minimum absolute atomic E-state index is 0.0232. The second kappa shape index (κ2) is 7.27. The predicted octanol–water partition coefficient (Wildman–Crippen LogP) is 7.92. The molecule has 0 radical (unpaired) electrons. The summed E-state index contributed by atoms with van der Waals surface area (Å²) in [6.45, 7) is 0. The molecule has 0 saturated carbocycles. The van der Waals surface area contributed by atoms with E-state index in [-0.39, 0.29) is 4.47 Å². The van der Waals surface area contributed by atoms with Crippen molar-refractivity contribution in [3.63, 3.8) is 0 Å². The van der Waals surface area contributed by atoms with Crippen LogP contribution in [-0.4, -0.2) is 4.98 Å². The molecular formula is C17H9BrCl2F3NS. The van der Waals surface area contributed by atoms with Crippen molar-refractivity contribution in [2.45, 2.75) is 16.0 Å². The molecular weight excluding hydrogens is 458 g/mol. The molecule has 130 valence electrons. The van der Waals surface area contributed by atoms with Gasteiger partial charge in [0.2, 0.25) is 0 Å². The topological polar surface area (TPSA) is 15.8 Å². The Balaban J connectivity index is 2.12. The van der Waals surface area contributed by atoms with Gasteiger partial charge in [-0.2, -0.15) is 13.2 Å². The van der Waals surface area contributed by atoms with E-state index in [0.717, 1.165) is 4.90 Å². The van der Waals surface area contributed by atoms with Crippen LogP contribution in [0.5, 0.6) is 0 Å². The fourth-order valence-electron chi connectivity index (χ4n) is 2.19. The van der Waals surface area contributed by atoms with Crippen molar-refractivity contribution >= 4 is 50.9 Å². The molecule has 3 rings (SSSR count). The number of benzene rings is 2. The lowest BCUT2D eigenvalue weighted by Crippen LogP contribution is -2.06. The number of rotatable bonds is 3. The summed E-state index contributed by atoms with van der Waals surface area (Å²) in [6, 6.07) is 13.5. The third-order valence-electron chi connectivity index (χ3n) is 3.35. The average molecular weight is 467 g/mol. The highest BCUT2D eigenvalue weighted by molar-refractivity contribution is 9.10. The molecule has 0 atom stereocenters. The zero-order valence-electron chi connectivity index (χ0n) is 12.3.